The lowest BCUT2D eigenvalue weighted by Gasteiger charge is -2.14. The van der Waals surface area contributed by atoms with Crippen molar-refractivity contribution in [2.75, 3.05) is 6.26 Å². The number of hydrogen-bond acceptors (Lipinski definition) is 3. The quantitative estimate of drug-likeness (QED) is 0.944. The fourth-order valence-electron chi connectivity index (χ4n) is 1.96. The van der Waals surface area contributed by atoms with Crippen LogP contribution in [0.25, 0.3) is 0 Å². The van der Waals surface area contributed by atoms with E-state index < -0.39 is 9.84 Å². The highest BCUT2D eigenvalue weighted by atomic mass is 32.2. The van der Waals surface area contributed by atoms with Gasteiger partial charge < -0.3 is 5.32 Å². The molecule has 1 amide bonds. The third-order valence-electron chi connectivity index (χ3n) is 3.19. The van der Waals surface area contributed by atoms with Gasteiger partial charge in [0.2, 0.25) is 0 Å². The molecule has 0 aromatic heterocycles. The summed E-state index contributed by atoms with van der Waals surface area (Å²) in [4.78, 5) is 12.3. The SMILES string of the molecule is C[C@H](NC(=O)c1ccccc1)c1ccc(S(C)(=O)=O)cc1. The van der Waals surface area contributed by atoms with Gasteiger partial charge in [-0.15, -0.1) is 0 Å². The Morgan fingerprint density at radius 1 is 1.00 bits per heavy atom. The highest BCUT2D eigenvalue weighted by Crippen LogP contribution is 2.16. The molecule has 0 aliphatic rings. The fraction of sp³-hybridized carbons (Fsp3) is 0.188. The summed E-state index contributed by atoms with van der Waals surface area (Å²) in [5, 5.41) is 2.88. The summed E-state index contributed by atoms with van der Waals surface area (Å²) in [5.74, 6) is -0.157. The summed E-state index contributed by atoms with van der Waals surface area (Å²) in [6, 6.07) is 15.3. The molecule has 2 aromatic rings. The van der Waals surface area contributed by atoms with Gasteiger partial charge in [0.1, 0.15) is 0 Å². The first-order valence-corrected chi connectivity index (χ1v) is 8.43. The van der Waals surface area contributed by atoms with Crippen molar-refractivity contribution in [3.05, 3.63) is 65.7 Å². The minimum atomic E-state index is -3.20. The lowest BCUT2D eigenvalue weighted by molar-refractivity contribution is 0.0940. The van der Waals surface area contributed by atoms with Crippen LogP contribution in [0.2, 0.25) is 0 Å². The van der Waals surface area contributed by atoms with E-state index in [0.717, 1.165) is 5.56 Å². The van der Waals surface area contributed by atoms with E-state index in [4.69, 9.17) is 0 Å². The van der Waals surface area contributed by atoms with Crippen LogP contribution in [-0.2, 0) is 9.84 Å². The molecule has 0 saturated heterocycles. The predicted molar refractivity (Wildman–Crippen MR) is 81.9 cm³/mol. The van der Waals surface area contributed by atoms with E-state index in [-0.39, 0.29) is 16.8 Å². The second-order valence-corrected chi connectivity index (χ2v) is 6.92. The van der Waals surface area contributed by atoms with E-state index in [1.54, 1.807) is 48.5 Å². The lowest BCUT2D eigenvalue weighted by Crippen LogP contribution is -2.26. The van der Waals surface area contributed by atoms with E-state index in [9.17, 15) is 13.2 Å². The molecule has 0 radical (unpaired) electrons. The Morgan fingerprint density at radius 3 is 2.10 bits per heavy atom. The Morgan fingerprint density at radius 2 is 1.57 bits per heavy atom. The average Bonchev–Trinajstić information content (AvgIpc) is 2.47. The second-order valence-electron chi connectivity index (χ2n) is 4.90. The maximum absolute atomic E-state index is 12.0. The molecular weight excluding hydrogens is 286 g/mol. The molecule has 110 valence electrons. The maximum atomic E-state index is 12.0. The van der Waals surface area contributed by atoms with Crippen LogP contribution >= 0.6 is 0 Å². The Hall–Kier alpha value is -2.14. The molecule has 5 heteroatoms. The molecule has 4 nitrogen and oxygen atoms in total. The zero-order valence-corrected chi connectivity index (χ0v) is 12.7. The maximum Gasteiger partial charge on any atom is 0.251 e. The number of sulfone groups is 1. The van der Waals surface area contributed by atoms with Gasteiger partial charge >= 0.3 is 0 Å². The largest absolute Gasteiger partial charge is 0.346 e. The summed E-state index contributed by atoms with van der Waals surface area (Å²) in [7, 11) is -3.20. The molecular formula is C16H17NO3S. The zero-order valence-electron chi connectivity index (χ0n) is 11.9. The number of amides is 1. The van der Waals surface area contributed by atoms with Crippen molar-refractivity contribution < 1.29 is 13.2 Å². The van der Waals surface area contributed by atoms with Crippen LogP contribution in [-0.4, -0.2) is 20.6 Å². The number of rotatable bonds is 4. The number of hydrogen-bond donors (Lipinski definition) is 1. The Kier molecular flexibility index (Phi) is 4.43. The standard InChI is InChI=1S/C16H17NO3S/c1-12(17-16(18)14-6-4-3-5-7-14)13-8-10-15(11-9-13)21(2,19)20/h3-12H,1-2H3,(H,17,18)/t12-/m0/s1. The molecule has 0 unspecified atom stereocenters. The average molecular weight is 303 g/mol. The van der Waals surface area contributed by atoms with Gasteiger partial charge in [-0.1, -0.05) is 30.3 Å². The molecule has 1 atom stereocenters. The van der Waals surface area contributed by atoms with Crippen molar-refractivity contribution in [3.63, 3.8) is 0 Å². The van der Waals surface area contributed by atoms with E-state index >= 15 is 0 Å². The monoisotopic (exact) mass is 303 g/mol. The molecule has 0 aliphatic heterocycles. The van der Waals surface area contributed by atoms with Crippen LogP contribution in [0.15, 0.2) is 59.5 Å². The molecule has 0 aliphatic carbocycles. The van der Waals surface area contributed by atoms with Crippen molar-refractivity contribution in [1.82, 2.24) is 5.32 Å². The normalized spacial score (nSPS) is 12.7. The third-order valence-corrected chi connectivity index (χ3v) is 4.32. The van der Waals surface area contributed by atoms with Crippen molar-refractivity contribution in [1.29, 1.82) is 0 Å². The Bertz CT molecular complexity index is 722. The van der Waals surface area contributed by atoms with E-state index in [1.807, 2.05) is 13.0 Å². The molecule has 1 N–H and O–H groups in total. The molecule has 0 spiro atoms. The topological polar surface area (TPSA) is 63.2 Å². The van der Waals surface area contributed by atoms with E-state index in [0.29, 0.717) is 5.56 Å². The number of benzene rings is 2. The molecule has 2 rings (SSSR count). The number of carbonyl (C=O) groups excluding carboxylic acids is 1. The summed E-state index contributed by atoms with van der Waals surface area (Å²) >= 11 is 0. The van der Waals surface area contributed by atoms with Crippen LogP contribution in [0.4, 0.5) is 0 Å². The van der Waals surface area contributed by atoms with Crippen LogP contribution in [0.1, 0.15) is 28.9 Å². The van der Waals surface area contributed by atoms with Crippen molar-refractivity contribution in [2.45, 2.75) is 17.9 Å². The van der Waals surface area contributed by atoms with Gasteiger partial charge in [-0.25, -0.2) is 8.42 Å². The fourth-order valence-corrected chi connectivity index (χ4v) is 2.59. The summed E-state index contributed by atoms with van der Waals surface area (Å²) in [6.45, 7) is 1.86. The molecule has 0 saturated carbocycles. The Balaban J connectivity index is 2.10. The van der Waals surface area contributed by atoms with Gasteiger partial charge in [-0.3, -0.25) is 4.79 Å². The molecule has 0 heterocycles. The third kappa shape index (κ3) is 3.92. The highest BCUT2D eigenvalue weighted by molar-refractivity contribution is 7.90. The summed E-state index contributed by atoms with van der Waals surface area (Å²) < 4.78 is 22.8. The highest BCUT2D eigenvalue weighted by Gasteiger charge is 2.12. The van der Waals surface area contributed by atoms with Crippen LogP contribution < -0.4 is 5.32 Å². The first-order valence-electron chi connectivity index (χ1n) is 6.54. The van der Waals surface area contributed by atoms with Gasteiger partial charge in [-0.2, -0.15) is 0 Å². The van der Waals surface area contributed by atoms with Gasteiger partial charge in [0.05, 0.1) is 10.9 Å². The van der Waals surface area contributed by atoms with Crippen molar-refractivity contribution in [3.8, 4) is 0 Å². The lowest BCUT2D eigenvalue weighted by atomic mass is 10.1. The minimum absolute atomic E-state index is 0.157. The second kappa shape index (κ2) is 6.10. The minimum Gasteiger partial charge on any atom is -0.346 e. The van der Waals surface area contributed by atoms with Gasteiger partial charge in [0, 0.05) is 11.8 Å². The summed E-state index contributed by atoms with van der Waals surface area (Å²) in [5.41, 5.74) is 1.45. The first-order chi connectivity index (χ1) is 9.88. The molecule has 2 aromatic carbocycles. The molecule has 21 heavy (non-hydrogen) atoms. The van der Waals surface area contributed by atoms with Crippen LogP contribution in [0.5, 0.6) is 0 Å². The zero-order chi connectivity index (χ0) is 15.5. The smallest absolute Gasteiger partial charge is 0.251 e. The molecule has 0 bridgehead atoms. The Labute approximate surface area is 124 Å². The summed E-state index contributed by atoms with van der Waals surface area (Å²) in [6.07, 6.45) is 1.17. The van der Waals surface area contributed by atoms with E-state index in [1.165, 1.54) is 6.26 Å². The number of carbonyl (C=O) groups is 1. The van der Waals surface area contributed by atoms with E-state index in [2.05, 4.69) is 5.32 Å². The van der Waals surface area contributed by atoms with Gasteiger partial charge in [0.15, 0.2) is 9.84 Å². The predicted octanol–water partition coefficient (Wildman–Crippen LogP) is 2.58. The van der Waals surface area contributed by atoms with Crippen LogP contribution in [0, 0.1) is 0 Å². The van der Waals surface area contributed by atoms with Crippen molar-refractivity contribution >= 4 is 15.7 Å². The van der Waals surface area contributed by atoms with Crippen LogP contribution in [0.3, 0.4) is 0 Å². The van der Waals surface area contributed by atoms with Gasteiger partial charge in [-0.05, 0) is 36.8 Å². The first kappa shape index (κ1) is 15.3. The molecule has 0 fully saturated rings. The number of nitrogens with one attached hydrogen (secondary N) is 1. The van der Waals surface area contributed by atoms with Crippen molar-refractivity contribution in [2.24, 2.45) is 0 Å². The van der Waals surface area contributed by atoms with Gasteiger partial charge in [0.25, 0.3) is 5.91 Å².